The Labute approximate surface area is 125 Å². The summed E-state index contributed by atoms with van der Waals surface area (Å²) < 4.78 is 20.1. The van der Waals surface area contributed by atoms with Gasteiger partial charge in [0, 0.05) is 23.1 Å². The van der Waals surface area contributed by atoms with Gasteiger partial charge in [0.2, 0.25) is 0 Å². The molecule has 0 saturated carbocycles. The molecule has 1 aliphatic heterocycles. The number of halogens is 1. The molecule has 2 nitrogen and oxygen atoms in total. The van der Waals surface area contributed by atoms with Crippen molar-refractivity contribution in [3.05, 3.63) is 65.0 Å². The van der Waals surface area contributed by atoms with Gasteiger partial charge in [-0.2, -0.15) is 0 Å². The molecule has 0 bridgehead atoms. The summed E-state index contributed by atoms with van der Waals surface area (Å²) in [7, 11) is 0. The average molecular weight is 285 g/mol. The lowest BCUT2D eigenvalue weighted by atomic mass is 9.87. The molecule has 0 spiro atoms. The monoisotopic (exact) mass is 285 g/mol. The van der Waals surface area contributed by atoms with Crippen LogP contribution in [0.25, 0.3) is 0 Å². The van der Waals surface area contributed by atoms with Crippen LogP contribution >= 0.6 is 0 Å². The van der Waals surface area contributed by atoms with Crippen LogP contribution < -0.4 is 10.1 Å². The van der Waals surface area contributed by atoms with E-state index in [1.54, 1.807) is 12.1 Å². The van der Waals surface area contributed by atoms with Crippen molar-refractivity contribution in [3.63, 3.8) is 0 Å². The molecule has 3 heteroatoms. The van der Waals surface area contributed by atoms with Crippen LogP contribution in [0.2, 0.25) is 0 Å². The minimum atomic E-state index is -0.157. The third kappa shape index (κ3) is 2.66. The largest absolute Gasteiger partial charge is 0.493 e. The van der Waals surface area contributed by atoms with Gasteiger partial charge in [-0.05, 0) is 25.6 Å². The highest BCUT2D eigenvalue weighted by Gasteiger charge is 2.33. The lowest BCUT2D eigenvalue weighted by molar-refractivity contribution is 0.298. The second-order valence-electron chi connectivity index (χ2n) is 5.52. The van der Waals surface area contributed by atoms with Gasteiger partial charge in [0.15, 0.2) is 0 Å². The van der Waals surface area contributed by atoms with E-state index >= 15 is 0 Å². The first-order valence-electron chi connectivity index (χ1n) is 7.42. The molecule has 1 N–H and O–H groups in total. The van der Waals surface area contributed by atoms with Gasteiger partial charge >= 0.3 is 0 Å². The summed E-state index contributed by atoms with van der Waals surface area (Å²) in [6, 6.07) is 13.3. The Kier molecular flexibility index (Phi) is 3.93. The molecule has 3 rings (SSSR count). The number of para-hydroxylation sites is 1. The Bertz CT molecular complexity index is 641. The van der Waals surface area contributed by atoms with Gasteiger partial charge in [0.05, 0.1) is 6.61 Å². The van der Waals surface area contributed by atoms with E-state index in [2.05, 4.69) is 11.4 Å². The van der Waals surface area contributed by atoms with Gasteiger partial charge in [0.25, 0.3) is 0 Å². The van der Waals surface area contributed by atoms with Gasteiger partial charge < -0.3 is 10.1 Å². The van der Waals surface area contributed by atoms with Crippen LogP contribution in [0, 0.1) is 12.7 Å². The van der Waals surface area contributed by atoms with Crippen molar-refractivity contribution in [2.75, 3.05) is 13.2 Å². The van der Waals surface area contributed by atoms with E-state index in [4.69, 9.17) is 4.74 Å². The molecule has 0 aromatic heterocycles. The van der Waals surface area contributed by atoms with Gasteiger partial charge in [-0.3, -0.25) is 0 Å². The van der Waals surface area contributed by atoms with Crippen LogP contribution in [-0.2, 0) is 0 Å². The molecule has 2 aromatic carbocycles. The van der Waals surface area contributed by atoms with E-state index in [-0.39, 0.29) is 17.8 Å². The van der Waals surface area contributed by atoms with Crippen molar-refractivity contribution in [2.24, 2.45) is 0 Å². The lowest BCUT2D eigenvalue weighted by Crippen LogP contribution is -2.28. The number of fused-ring (bicyclic) bond motifs is 1. The molecule has 0 saturated heterocycles. The van der Waals surface area contributed by atoms with E-state index in [0.717, 1.165) is 29.0 Å². The van der Waals surface area contributed by atoms with Gasteiger partial charge in [-0.1, -0.05) is 42.8 Å². The maximum absolute atomic E-state index is 14.3. The van der Waals surface area contributed by atoms with Gasteiger partial charge in [0.1, 0.15) is 11.6 Å². The topological polar surface area (TPSA) is 21.3 Å². The first-order chi connectivity index (χ1) is 10.2. The van der Waals surface area contributed by atoms with Crippen LogP contribution in [0.1, 0.15) is 35.6 Å². The minimum Gasteiger partial charge on any atom is -0.493 e. The van der Waals surface area contributed by atoms with Gasteiger partial charge in [-0.15, -0.1) is 0 Å². The quantitative estimate of drug-likeness (QED) is 0.918. The highest BCUT2D eigenvalue weighted by Crippen LogP contribution is 2.41. The van der Waals surface area contributed by atoms with E-state index in [1.807, 2.05) is 38.1 Å². The summed E-state index contributed by atoms with van der Waals surface area (Å²) in [4.78, 5) is 0. The molecule has 2 unspecified atom stereocenters. The molecule has 21 heavy (non-hydrogen) atoms. The lowest BCUT2D eigenvalue weighted by Gasteiger charge is -2.25. The predicted molar refractivity (Wildman–Crippen MR) is 82.2 cm³/mol. The maximum atomic E-state index is 14.3. The summed E-state index contributed by atoms with van der Waals surface area (Å²) in [5.74, 6) is 0.895. The van der Waals surface area contributed by atoms with E-state index < -0.39 is 0 Å². The number of benzene rings is 2. The van der Waals surface area contributed by atoms with Crippen LogP contribution in [0.5, 0.6) is 5.75 Å². The fourth-order valence-corrected chi connectivity index (χ4v) is 3.05. The van der Waals surface area contributed by atoms with Crippen molar-refractivity contribution in [2.45, 2.75) is 25.8 Å². The van der Waals surface area contributed by atoms with E-state index in [1.165, 1.54) is 0 Å². The SMILES string of the molecule is CCNC(c1cc(C)ccc1F)C1COc2ccccc21. The molecule has 2 atom stereocenters. The fourth-order valence-electron chi connectivity index (χ4n) is 3.05. The zero-order chi connectivity index (χ0) is 14.8. The minimum absolute atomic E-state index is 0.0708. The van der Waals surface area contributed by atoms with Crippen LogP contribution in [0.15, 0.2) is 42.5 Å². The molecule has 2 aromatic rings. The predicted octanol–water partition coefficient (Wildman–Crippen LogP) is 3.96. The molecular formula is C18H20FNO. The summed E-state index contributed by atoms with van der Waals surface area (Å²) in [6.07, 6.45) is 0. The van der Waals surface area contributed by atoms with E-state index in [9.17, 15) is 4.39 Å². The zero-order valence-electron chi connectivity index (χ0n) is 12.4. The number of aryl methyl sites for hydroxylation is 1. The smallest absolute Gasteiger partial charge is 0.128 e. The van der Waals surface area contributed by atoms with Crippen molar-refractivity contribution >= 4 is 0 Å². The summed E-state index contributed by atoms with van der Waals surface area (Å²) in [6.45, 7) is 5.41. The van der Waals surface area contributed by atoms with Crippen molar-refractivity contribution in [1.82, 2.24) is 5.32 Å². The Morgan fingerprint density at radius 3 is 2.90 bits per heavy atom. The first kappa shape index (κ1) is 14.1. The highest BCUT2D eigenvalue weighted by molar-refractivity contribution is 5.42. The average Bonchev–Trinajstić information content (AvgIpc) is 2.91. The van der Waals surface area contributed by atoms with Crippen molar-refractivity contribution in [3.8, 4) is 5.75 Å². The number of rotatable bonds is 4. The Hall–Kier alpha value is -1.87. The molecule has 0 aliphatic carbocycles. The third-order valence-corrected chi connectivity index (χ3v) is 4.05. The number of nitrogens with one attached hydrogen (secondary N) is 1. The molecular weight excluding hydrogens is 265 g/mol. The highest BCUT2D eigenvalue weighted by atomic mass is 19.1. The Balaban J connectivity index is 2.01. The van der Waals surface area contributed by atoms with Gasteiger partial charge in [-0.25, -0.2) is 4.39 Å². The first-order valence-corrected chi connectivity index (χ1v) is 7.42. The standard InChI is InChI=1S/C18H20FNO/c1-3-20-18(14-10-12(2)8-9-16(14)19)15-11-21-17-7-5-4-6-13(15)17/h4-10,15,18,20H,3,11H2,1-2H3. The van der Waals surface area contributed by atoms with Crippen molar-refractivity contribution < 1.29 is 9.13 Å². The Morgan fingerprint density at radius 1 is 1.29 bits per heavy atom. The molecule has 0 amide bonds. The second-order valence-corrected chi connectivity index (χ2v) is 5.52. The maximum Gasteiger partial charge on any atom is 0.128 e. The number of ether oxygens (including phenoxy) is 1. The molecule has 1 aliphatic rings. The van der Waals surface area contributed by atoms with Crippen LogP contribution in [0.3, 0.4) is 0 Å². The number of hydrogen-bond donors (Lipinski definition) is 1. The third-order valence-electron chi connectivity index (χ3n) is 4.05. The molecule has 0 fully saturated rings. The second kappa shape index (κ2) is 5.86. The molecule has 110 valence electrons. The van der Waals surface area contributed by atoms with Crippen LogP contribution in [0.4, 0.5) is 4.39 Å². The fraction of sp³-hybridized carbons (Fsp3) is 0.333. The number of likely N-dealkylation sites (N-methyl/N-ethyl adjacent to an activating group) is 1. The summed E-state index contributed by atoms with van der Waals surface area (Å²) in [5, 5.41) is 3.43. The summed E-state index contributed by atoms with van der Waals surface area (Å²) in [5.41, 5.74) is 2.95. The summed E-state index contributed by atoms with van der Waals surface area (Å²) >= 11 is 0. The normalized spacial score (nSPS) is 18.1. The Morgan fingerprint density at radius 2 is 2.10 bits per heavy atom. The zero-order valence-corrected chi connectivity index (χ0v) is 12.4. The van der Waals surface area contributed by atoms with Crippen LogP contribution in [-0.4, -0.2) is 13.2 Å². The van der Waals surface area contributed by atoms with Crippen molar-refractivity contribution in [1.29, 1.82) is 0 Å². The molecule has 1 heterocycles. The molecule has 0 radical (unpaired) electrons. The number of hydrogen-bond acceptors (Lipinski definition) is 2. The van der Waals surface area contributed by atoms with E-state index in [0.29, 0.717) is 6.61 Å².